The second-order valence-electron chi connectivity index (χ2n) is 3.79. The van der Waals surface area contributed by atoms with E-state index in [4.69, 9.17) is 0 Å². The highest BCUT2D eigenvalue weighted by Crippen LogP contribution is 2.35. The highest BCUT2D eigenvalue weighted by molar-refractivity contribution is 14.1. The normalized spacial score (nSPS) is 31.7. The van der Waals surface area contributed by atoms with Crippen LogP contribution in [0.2, 0.25) is 0 Å². The summed E-state index contributed by atoms with van der Waals surface area (Å²) in [6.07, 6.45) is 2.38. The molecule has 15 heavy (non-hydrogen) atoms. The van der Waals surface area contributed by atoms with Crippen molar-refractivity contribution in [2.24, 2.45) is 5.92 Å². The average molecular weight is 325 g/mol. The van der Waals surface area contributed by atoms with Gasteiger partial charge in [0.25, 0.3) is 0 Å². The van der Waals surface area contributed by atoms with Crippen molar-refractivity contribution in [3.63, 3.8) is 0 Å². The summed E-state index contributed by atoms with van der Waals surface area (Å²) in [4.78, 5) is 11.5. The lowest BCUT2D eigenvalue weighted by Gasteiger charge is -2.20. The van der Waals surface area contributed by atoms with Gasteiger partial charge < -0.3 is 5.32 Å². The summed E-state index contributed by atoms with van der Waals surface area (Å²) < 4.78 is 26.2. The van der Waals surface area contributed by atoms with Crippen LogP contribution >= 0.6 is 22.6 Å². The SMILES string of the molecule is O=C1NC2=C(F)C=C(F)CC2CCC1I. The van der Waals surface area contributed by atoms with Crippen LogP contribution in [0.3, 0.4) is 0 Å². The summed E-state index contributed by atoms with van der Waals surface area (Å²) >= 11 is 2.03. The lowest BCUT2D eigenvalue weighted by Crippen LogP contribution is -2.30. The molecule has 0 radical (unpaired) electrons. The summed E-state index contributed by atoms with van der Waals surface area (Å²) in [5.74, 6) is -1.47. The van der Waals surface area contributed by atoms with E-state index in [0.717, 1.165) is 6.08 Å². The van der Waals surface area contributed by atoms with Gasteiger partial charge in [-0.25, -0.2) is 8.78 Å². The van der Waals surface area contributed by atoms with Gasteiger partial charge in [0.1, 0.15) is 11.7 Å². The molecular formula is C10H10F2INO. The molecule has 2 aliphatic rings. The molecule has 0 aromatic heterocycles. The summed E-state index contributed by atoms with van der Waals surface area (Å²) in [5.41, 5.74) is 0.264. The van der Waals surface area contributed by atoms with E-state index < -0.39 is 11.7 Å². The number of halogens is 3. The Morgan fingerprint density at radius 1 is 1.40 bits per heavy atom. The maximum atomic E-state index is 13.4. The molecule has 1 saturated heterocycles. The highest BCUT2D eigenvalue weighted by atomic mass is 127. The quantitative estimate of drug-likeness (QED) is 0.539. The van der Waals surface area contributed by atoms with Crippen molar-refractivity contribution >= 4 is 28.5 Å². The molecule has 2 atom stereocenters. The molecule has 0 aromatic rings. The Morgan fingerprint density at radius 3 is 2.87 bits per heavy atom. The Hall–Kier alpha value is -0.460. The molecule has 1 aliphatic heterocycles. The number of nitrogens with one attached hydrogen (secondary N) is 1. The number of carbonyl (C=O) groups excluding carboxylic acids is 1. The molecule has 0 saturated carbocycles. The molecule has 1 N–H and O–H groups in total. The fraction of sp³-hybridized carbons (Fsp3) is 0.500. The van der Waals surface area contributed by atoms with E-state index in [2.05, 4.69) is 5.32 Å². The number of carbonyl (C=O) groups is 1. The molecule has 1 fully saturated rings. The maximum Gasteiger partial charge on any atom is 0.237 e. The predicted octanol–water partition coefficient (Wildman–Crippen LogP) is 2.75. The van der Waals surface area contributed by atoms with E-state index in [0.29, 0.717) is 12.8 Å². The summed E-state index contributed by atoms with van der Waals surface area (Å²) in [7, 11) is 0. The molecule has 2 nitrogen and oxygen atoms in total. The molecule has 82 valence electrons. The molecule has 0 bridgehead atoms. The van der Waals surface area contributed by atoms with E-state index in [-0.39, 0.29) is 27.9 Å². The van der Waals surface area contributed by atoms with Gasteiger partial charge in [-0.05, 0) is 12.8 Å². The van der Waals surface area contributed by atoms with Crippen LogP contribution in [0.4, 0.5) is 8.78 Å². The standard InChI is InChI=1S/C10H10F2INO/c11-6-3-5-1-2-8(13)10(15)14-9(5)7(12)4-6/h4-5,8H,1-3H2,(H,14,15). The summed E-state index contributed by atoms with van der Waals surface area (Å²) in [6, 6.07) is 0. The van der Waals surface area contributed by atoms with Crippen LogP contribution < -0.4 is 5.32 Å². The molecule has 1 amide bonds. The molecule has 0 aromatic carbocycles. The van der Waals surface area contributed by atoms with Crippen molar-refractivity contribution < 1.29 is 13.6 Å². The highest BCUT2D eigenvalue weighted by Gasteiger charge is 2.31. The van der Waals surface area contributed by atoms with E-state index >= 15 is 0 Å². The fourth-order valence-electron chi connectivity index (χ4n) is 1.90. The van der Waals surface area contributed by atoms with Crippen LogP contribution in [-0.4, -0.2) is 9.83 Å². The second kappa shape index (κ2) is 4.19. The zero-order chi connectivity index (χ0) is 11.0. The first kappa shape index (κ1) is 11.0. The van der Waals surface area contributed by atoms with Gasteiger partial charge in [-0.2, -0.15) is 0 Å². The lowest BCUT2D eigenvalue weighted by atomic mass is 9.92. The number of hydrogen-bond acceptors (Lipinski definition) is 1. The summed E-state index contributed by atoms with van der Waals surface area (Å²) in [5, 5.41) is 2.55. The van der Waals surface area contributed by atoms with Gasteiger partial charge >= 0.3 is 0 Å². The van der Waals surface area contributed by atoms with Gasteiger partial charge in [0.05, 0.1) is 9.62 Å². The molecule has 0 spiro atoms. The topological polar surface area (TPSA) is 29.1 Å². The van der Waals surface area contributed by atoms with E-state index in [1.165, 1.54) is 0 Å². The largest absolute Gasteiger partial charge is 0.326 e. The molecule has 2 rings (SSSR count). The number of amides is 1. The Balaban J connectivity index is 2.31. The first-order valence-corrected chi connectivity index (χ1v) is 6.03. The minimum atomic E-state index is -0.636. The minimum Gasteiger partial charge on any atom is -0.326 e. The fourth-order valence-corrected chi connectivity index (χ4v) is 2.42. The Labute approximate surface area is 99.9 Å². The number of alkyl halides is 1. The van der Waals surface area contributed by atoms with Gasteiger partial charge in [-0.15, -0.1) is 0 Å². The molecular weight excluding hydrogens is 315 g/mol. The van der Waals surface area contributed by atoms with Gasteiger partial charge in [-0.3, -0.25) is 4.79 Å². The van der Waals surface area contributed by atoms with Gasteiger partial charge in [0.15, 0.2) is 0 Å². The second-order valence-corrected chi connectivity index (χ2v) is 5.29. The van der Waals surface area contributed by atoms with Crippen molar-refractivity contribution in [2.45, 2.75) is 23.2 Å². The third kappa shape index (κ3) is 2.21. The zero-order valence-electron chi connectivity index (χ0n) is 7.90. The molecule has 2 unspecified atom stereocenters. The Kier molecular flexibility index (Phi) is 3.08. The molecule has 1 aliphatic carbocycles. The van der Waals surface area contributed by atoms with Crippen LogP contribution in [0.25, 0.3) is 0 Å². The predicted molar refractivity (Wildman–Crippen MR) is 60.6 cm³/mol. The van der Waals surface area contributed by atoms with Crippen LogP contribution in [-0.2, 0) is 4.79 Å². The van der Waals surface area contributed by atoms with Gasteiger partial charge in [-0.1, -0.05) is 22.6 Å². The Bertz CT molecular complexity index is 364. The third-order valence-electron chi connectivity index (χ3n) is 2.70. The first-order chi connectivity index (χ1) is 7.08. The number of fused-ring (bicyclic) bond motifs is 1. The smallest absolute Gasteiger partial charge is 0.237 e. The van der Waals surface area contributed by atoms with Gasteiger partial charge in [0.2, 0.25) is 5.91 Å². The maximum absolute atomic E-state index is 13.4. The lowest BCUT2D eigenvalue weighted by molar-refractivity contribution is -0.119. The number of hydrogen-bond donors (Lipinski definition) is 1. The molecule has 5 heteroatoms. The summed E-state index contributed by atoms with van der Waals surface area (Å²) in [6.45, 7) is 0. The van der Waals surface area contributed by atoms with E-state index in [1.807, 2.05) is 22.6 Å². The average Bonchev–Trinajstić information content (AvgIpc) is 2.30. The van der Waals surface area contributed by atoms with Crippen molar-refractivity contribution in [2.75, 3.05) is 0 Å². The van der Waals surface area contributed by atoms with Crippen molar-refractivity contribution in [1.82, 2.24) is 5.32 Å². The van der Waals surface area contributed by atoms with Crippen LogP contribution in [0.1, 0.15) is 19.3 Å². The van der Waals surface area contributed by atoms with Gasteiger partial charge in [0, 0.05) is 18.4 Å². The Morgan fingerprint density at radius 2 is 2.13 bits per heavy atom. The van der Waals surface area contributed by atoms with Crippen molar-refractivity contribution in [1.29, 1.82) is 0 Å². The van der Waals surface area contributed by atoms with Crippen LogP contribution in [0.15, 0.2) is 23.4 Å². The number of rotatable bonds is 0. The van der Waals surface area contributed by atoms with E-state index in [9.17, 15) is 13.6 Å². The monoisotopic (exact) mass is 325 g/mol. The van der Waals surface area contributed by atoms with Crippen molar-refractivity contribution in [3.8, 4) is 0 Å². The first-order valence-electron chi connectivity index (χ1n) is 4.78. The van der Waals surface area contributed by atoms with E-state index in [1.54, 1.807) is 0 Å². The minimum absolute atomic E-state index is 0.156. The number of allylic oxidation sites excluding steroid dienone is 4. The van der Waals surface area contributed by atoms with Crippen LogP contribution in [0, 0.1) is 5.92 Å². The third-order valence-corrected chi connectivity index (χ3v) is 3.89. The van der Waals surface area contributed by atoms with Crippen molar-refractivity contribution in [3.05, 3.63) is 23.4 Å². The molecule has 1 heterocycles. The van der Waals surface area contributed by atoms with Crippen LogP contribution in [0.5, 0.6) is 0 Å². The zero-order valence-corrected chi connectivity index (χ0v) is 10.1.